The number of thioether (sulfide) groups is 1. The van der Waals surface area contributed by atoms with E-state index in [0.29, 0.717) is 22.3 Å². The van der Waals surface area contributed by atoms with Crippen LogP contribution in [0.15, 0.2) is 25.9 Å². The highest BCUT2D eigenvalue weighted by molar-refractivity contribution is 7.99. The number of hydrogen-bond donors (Lipinski definition) is 0. The summed E-state index contributed by atoms with van der Waals surface area (Å²) in [4.78, 5) is 22.0. The van der Waals surface area contributed by atoms with Crippen LogP contribution in [-0.4, -0.2) is 19.7 Å². The van der Waals surface area contributed by atoms with Crippen LogP contribution in [0.3, 0.4) is 0 Å². The van der Waals surface area contributed by atoms with Crippen LogP contribution in [0.25, 0.3) is 10.2 Å². The van der Waals surface area contributed by atoms with Crippen molar-refractivity contribution in [2.45, 2.75) is 37.1 Å². The van der Waals surface area contributed by atoms with E-state index in [0.717, 1.165) is 4.83 Å². The topological polar surface area (TPSA) is 73.8 Å². The molecule has 6 nitrogen and oxygen atoms in total. The fourth-order valence-corrected chi connectivity index (χ4v) is 3.65. The van der Waals surface area contributed by atoms with Crippen molar-refractivity contribution in [2.24, 2.45) is 7.05 Å². The van der Waals surface area contributed by atoms with Crippen molar-refractivity contribution in [3.63, 3.8) is 0 Å². The predicted molar refractivity (Wildman–Crippen MR) is 87.5 cm³/mol. The van der Waals surface area contributed by atoms with E-state index in [-0.39, 0.29) is 16.7 Å². The third-order valence-corrected chi connectivity index (χ3v) is 5.21. The molecule has 0 aromatic carbocycles. The Balaban J connectivity index is 1.91. The fraction of sp³-hybridized carbons (Fsp3) is 0.429. The Bertz CT molecular complexity index is 865. The summed E-state index contributed by atoms with van der Waals surface area (Å²) in [6.07, 6.45) is 0. The van der Waals surface area contributed by atoms with E-state index in [1.54, 1.807) is 17.7 Å². The van der Waals surface area contributed by atoms with Gasteiger partial charge in [-0.25, -0.2) is 4.98 Å². The molecule has 0 amide bonds. The molecule has 22 heavy (non-hydrogen) atoms. The monoisotopic (exact) mass is 336 g/mol. The average Bonchev–Trinajstić information content (AvgIpc) is 3.13. The zero-order valence-electron chi connectivity index (χ0n) is 12.7. The summed E-state index contributed by atoms with van der Waals surface area (Å²) in [5.41, 5.74) is -0.0330. The summed E-state index contributed by atoms with van der Waals surface area (Å²) in [5, 5.41) is 7.09. The fourth-order valence-electron chi connectivity index (χ4n) is 1.94. The maximum absolute atomic E-state index is 12.3. The highest BCUT2D eigenvalue weighted by atomic mass is 32.2. The molecule has 0 N–H and O–H groups in total. The van der Waals surface area contributed by atoms with Crippen molar-refractivity contribution in [1.82, 2.24) is 19.7 Å². The highest BCUT2D eigenvalue weighted by Crippen LogP contribution is 2.33. The Morgan fingerprint density at radius 3 is 2.77 bits per heavy atom. The van der Waals surface area contributed by atoms with E-state index < -0.39 is 0 Å². The normalized spacial score (nSPS) is 13.1. The van der Waals surface area contributed by atoms with E-state index >= 15 is 0 Å². The molecule has 0 bridgehead atoms. The molecule has 1 atom stereocenters. The molecular formula is C14H16N4O2S2. The molecule has 0 saturated carbocycles. The molecular weight excluding hydrogens is 320 g/mol. The van der Waals surface area contributed by atoms with Crippen molar-refractivity contribution < 1.29 is 4.52 Å². The summed E-state index contributed by atoms with van der Waals surface area (Å²) >= 11 is 2.91. The highest BCUT2D eigenvalue weighted by Gasteiger charge is 2.20. The number of rotatable bonds is 4. The van der Waals surface area contributed by atoms with Gasteiger partial charge in [-0.15, -0.1) is 11.3 Å². The maximum Gasteiger partial charge on any atom is 0.262 e. The van der Waals surface area contributed by atoms with Gasteiger partial charge in [0.25, 0.3) is 5.56 Å². The van der Waals surface area contributed by atoms with E-state index in [1.807, 2.05) is 26.2 Å². The Labute approximate surface area is 135 Å². The molecule has 116 valence electrons. The van der Waals surface area contributed by atoms with Gasteiger partial charge in [-0.1, -0.05) is 30.8 Å². The maximum atomic E-state index is 12.3. The van der Waals surface area contributed by atoms with E-state index in [1.165, 1.54) is 23.1 Å². The predicted octanol–water partition coefficient (Wildman–Crippen LogP) is 3.35. The standard InChI is InChI=1S/C14H16N4O2S2/c1-7(2)10-15-11(20-17-10)8(3)22-14-16-12-9(5-6-21-12)13(19)18(14)4/h5-8H,1-4H3/t8-/m0/s1. The van der Waals surface area contributed by atoms with Crippen LogP contribution < -0.4 is 5.56 Å². The van der Waals surface area contributed by atoms with Crippen molar-refractivity contribution >= 4 is 33.3 Å². The smallest absolute Gasteiger partial charge is 0.262 e. The molecule has 0 aliphatic heterocycles. The van der Waals surface area contributed by atoms with E-state index in [9.17, 15) is 4.79 Å². The van der Waals surface area contributed by atoms with Gasteiger partial charge in [0.2, 0.25) is 5.89 Å². The van der Waals surface area contributed by atoms with E-state index in [2.05, 4.69) is 15.1 Å². The summed E-state index contributed by atoms with van der Waals surface area (Å²) in [6.45, 7) is 6.00. The molecule has 0 unspecified atom stereocenters. The van der Waals surface area contributed by atoms with Gasteiger partial charge in [-0.2, -0.15) is 4.98 Å². The van der Waals surface area contributed by atoms with Crippen molar-refractivity contribution in [3.05, 3.63) is 33.5 Å². The molecule has 0 radical (unpaired) electrons. The zero-order chi connectivity index (χ0) is 15.9. The number of fused-ring (bicyclic) bond motifs is 1. The number of hydrogen-bond acceptors (Lipinski definition) is 7. The van der Waals surface area contributed by atoms with Crippen molar-refractivity contribution in [2.75, 3.05) is 0 Å². The summed E-state index contributed by atoms with van der Waals surface area (Å²) in [7, 11) is 1.73. The lowest BCUT2D eigenvalue weighted by Crippen LogP contribution is -2.19. The van der Waals surface area contributed by atoms with Crippen LogP contribution in [0, 0.1) is 0 Å². The first-order valence-electron chi connectivity index (χ1n) is 6.91. The minimum atomic E-state index is -0.0736. The SMILES string of the molecule is CC(C)c1noc([C@H](C)Sc2nc3sccc3c(=O)n2C)n1. The van der Waals surface area contributed by atoms with Gasteiger partial charge in [0.1, 0.15) is 4.83 Å². The second-order valence-corrected chi connectivity index (χ2v) is 7.51. The molecule has 0 aliphatic rings. The Morgan fingerprint density at radius 2 is 2.09 bits per heavy atom. The van der Waals surface area contributed by atoms with Crippen molar-refractivity contribution in [3.8, 4) is 0 Å². The van der Waals surface area contributed by atoms with Gasteiger partial charge in [-0.05, 0) is 18.4 Å². The Hall–Kier alpha value is -1.67. The first-order chi connectivity index (χ1) is 10.5. The zero-order valence-corrected chi connectivity index (χ0v) is 14.4. The van der Waals surface area contributed by atoms with Crippen LogP contribution in [0.4, 0.5) is 0 Å². The molecule has 0 fully saturated rings. The summed E-state index contributed by atoms with van der Waals surface area (Å²) < 4.78 is 6.87. The van der Waals surface area contributed by atoms with Crippen LogP contribution >= 0.6 is 23.1 Å². The third kappa shape index (κ3) is 2.68. The Morgan fingerprint density at radius 1 is 1.32 bits per heavy atom. The lowest BCUT2D eigenvalue weighted by molar-refractivity contribution is 0.373. The lowest BCUT2D eigenvalue weighted by atomic mass is 10.2. The molecule has 0 spiro atoms. The number of thiophene rings is 1. The second-order valence-electron chi connectivity index (χ2n) is 5.30. The van der Waals surface area contributed by atoms with Gasteiger partial charge in [-0.3, -0.25) is 9.36 Å². The largest absolute Gasteiger partial charge is 0.338 e. The third-order valence-electron chi connectivity index (χ3n) is 3.27. The molecule has 3 aromatic rings. The summed E-state index contributed by atoms with van der Waals surface area (Å²) in [5.74, 6) is 1.46. The van der Waals surface area contributed by atoms with Gasteiger partial charge >= 0.3 is 0 Å². The second kappa shape index (κ2) is 5.85. The van der Waals surface area contributed by atoms with E-state index in [4.69, 9.17) is 4.52 Å². The van der Waals surface area contributed by atoms with Crippen LogP contribution in [-0.2, 0) is 7.05 Å². The number of nitrogens with zero attached hydrogens (tertiary/aromatic N) is 4. The number of aromatic nitrogens is 4. The molecule has 3 aromatic heterocycles. The molecule has 8 heteroatoms. The van der Waals surface area contributed by atoms with Gasteiger partial charge in [0.05, 0.1) is 10.6 Å². The average molecular weight is 336 g/mol. The molecule has 0 aliphatic carbocycles. The minimum Gasteiger partial charge on any atom is -0.338 e. The minimum absolute atomic E-state index is 0.0330. The van der Waals surface area contributed by atoms with Crippen LogP contribution in [0.2, 0.25) is 0 Å². The quantitative estimate of drug-likeness (QED) is 0.537. The lowest BCUT2D eigenvalue weighted by Gasteiger charge is -2.09. The van der Waals surface area contributed by atoms with Crippen LogP contribution in [0.5, 0.6) is 0 Å². The first kappa shape index (κ1) is 15.2. The summed E-state index contributed by atoms with van der Waals surface area (Å²) in [6, 6.07) is 1.81. The van der Waals surface area contributed by atoms with Gasteiger partial charge < -0.3 is 4.52 Å². The Kier molecular flexibility index (Phi) is 4.05. The van der Waals surface area contributed by atoms with Crippen molar-refractivity contribution in [1.29, 1.82) is 0 Å². The van der Waals surface area contributed by atoms with Crippen LogP contribution in [0.1, 0.15) is 43.7 Å². The first-order valence-corrected chi connectivity index (χ1v) is 8.67. The molecule has 3 heterocycles. The molecule has 3 rings (SSSR count). The molecule has 0 saturated heterocycles. The van der Waals surface area contributed by atoms with Gasteiger partial charge in [0.15, 0.2) is 11.0 Å². The van der Waals surface area contributed by atoms with Gasteiger partial charge in [0, 0.05) is 13.0 Å².